The van der Waals surface area contributed by atoms with Gasteiger partial charge in [-0.1, -0.05) is 12.5 Å². The summed E-state index contributed by atoms with van der Waals surface area (Å²) in [6, 6.07) is 0. The number of rotatable bonds is 2. The number of hydrogen-bond acceptors (Lipinski definition) is 1. The van der Waals surface area contributed by atoms with E-state index in [1.807, 2.05) is 6.08 Å². The van der Waals surface area contributed by atoms with E-state index >= 15 is 0 Å². The first-order chi connectivity index (χ1) is 5.24. The predicted molar refractivity (Wildman–Crippen MR) is 46.7 cm³/mol. The minimum atomic E-state index is -1.62. The van der Waals surface area contributed by atoms with Gasteiger partial charge in [-0.2, -0.15) is 0 Å². The molecular weight excluding hydrogens is 160 g/mol. The lowest BCUT2D eigenvalue weighted by Gasteiger charge is -2.24. The van der Waals surface area contributed by atoms with Gasteiger partial charge in [0.15, 0.2) is 11.1 Å². The van der Waals surface area contributed by atoms with E-state index in [1.54, 1.807) is 0 Å². The molecule has 1 saturated carbocycles. The molecule has 0 radical (unpaired) electrons. The molecule has 2 nitrogen and oxygen atoms in total. The zero-order valence-electron chi connectivity index (χ0n) is 6.53. The fraction of sp³-hybridized carbons (Fsp3) is 0.750. The second kappa shape index (κ2) is 4.02. The van der Waals surface area contributed by atoms with Gasteiger partial charge in [0, 0.05) is 0 Å². The molecule has 3 atom stereocenters. The Balaban J connectivity index is 2.45. The quantitative estimate of drug-likeness (QED) is 0.513. The molecule has 1 rings (SSSR count). The summed E-state index contributed by atoms with van der Waals surface area (Å²) in [6.07, 6.45) is 5.84. The van der Waals surface area contributed by atoms with Crippen molar-refractivity contribution >= 4 is 11.1 Å². The lowest BCUT2D eigenvalue weighted by molar-refractivity contribution is 0.408. The van der Waals surface area contributed by atoms with E-state index in [0.29, 0.717) is 5.92 Å². The molecule has 1 N–H and O–H groups in total. The van der Waals surface area contributed by atoms with Crippen LogP contribution in [0.15, 0.2) is 12.7 Å². The Kier molecular flexibility index (Phi) is 3.27. The van der Waals surface area contributed by atoms with Crippen molar-refractivity contribution < 1.29 is 8.76 Å². The summed E-state index contributed by atoms with van der Waals surface area (Å²) >= 11 is -1.62. The highest BCUT2D eigenvalue weighted by atomic mass is 32.2. The van der Waals surface area contributed by atoms with Gasteiger partial charge >= 0.3 is 0 Å². The molecule has 1 fully saturated rings. The maximum atomic E-state index is 10.7. The SMILES string of the molecule is C=C[C@H]1CCC[C@H](S(=O)O)C1. The van der Waals surface area contributed by atoms with Gasteiger partial charge in [0.1, 0.15) is 0 Å². The maximum Gasteiger partial charge on any atom is 0.155 e. The molecule has 0 aliphatic heterocycles. The van der Waals surface area contributed by atoms with Gasteiger partial charge in [0.25, 0.3) is 0 Å². The van der Waals surface area contributed by atoms with Crippen molar-refractivity contribution in [2.45, 2.75) is 30.9 Å². The van der Waals surface area contributed by atoms with Crippen molar-refractivity contribution in [3.8, 4) is 0 Å². The normalized spacial score (nSPS) is 34.6. The molecule has 1 unspecified atom stereocenters. The zero-order valence-corrected chi connectivity index (χ0v) is 7.35. The highest BCUT2D eigenvalue weighted by Crippen LogP contribution is 2.27. The van der Waals surface area contributed by atoms with E-state index in [2.05, 4.69) is 6.58 Å². The molecule has 0 spiro atoms. The molecule has 0 aromatic heterocycles. The molecule has 0 aromatic carbocycles. The van der Waals surface area contributed by atoms with Crippen LogP contribution in [0, 0.1) is 5.92 Å². The molecule has 1 aliphatic carbocycles. The summed E-state index contributed by atoms with van der Waals surface area (Å²) < 4.78 is 19.5. The van der Waals surface area contributed by atoms with Crippen LogP contribution < -0.4 is 0 Å². The van der Waals surface area contributed by atoms with Gasteiger partial charge in [0.2, 0.25) is 0 Å². The van der Waals surface area contributed by atoms with E-state index in [-0.39, 0.29) is 5.25 Å². The van der Waals surface area contributed by atoms with Gasteiger partial charge in [0.05, 0.1) is 5.25 Å². The standard InChI is InChI=1S/C8H14O2S/c1-2-7-4-3-5-8(6-7)11(9)10/h2,7-8H,1,3-6H2,(H,9,10)/t7-,8-/m0/s1. The average molecular weight is 174 g/mol. The molecule has 3 heteroatoms. The monoisotopic (exact) mass is 174 g/mol. The lowest BCUT2D eigenvalue weighted by Crippen LogP contribution is -2.22. The van der Waals surface area contributed by atoms with Crippen molar-refractivity contribution in [3.05, 3.63) is 12.7 Å². The topological polar surface area (TPSA) is 37.3 Å². The first-order valence-electron chi connectivity index (χ1n) is 3.96. The highest BCUT2D eigenvalue weighted by molar-refractivity contribution is 7.79. The largest absolute Gasteiger partial charge is 0.306 e. The average Bonchev–Trinajstić information content (AvgIpc) is 2.05. The lowest BCUT2D eigenvalue weighted by atomic mass is 9.89. The summed E-state index contributed by atoms with van der Waals surface area (Å²) in [4.78, 5) is 0. The Bertz CT molecular complexity index is 167. The van der Waals surface area contributed by atoms with E-state index in [0.717, 1.165) is 25.7 Å². The Hall–Kier alpha value is -0.150. The molecule has 64 valence electrons. The van der Waals surface area contributed by atoms with Gasteiger partial charge in [-0.05, 0) is 25.2 Å². The van der Waals surface area contributed by atoms with E-state index < -0.39 is 11.1 Å². The van der Waals surface area contributed by atoms with Crippen molar-refractivity contribution in [2.75, 3.05) is 0 Å². The molecule has 11 heavy (non-hydrogen) atoms. The van der Waals surface area contributed by atoms with Crippen molar-refractivity contribution in [1.29, 1.82) is 0 Å². The van der Waals surface area contributed by atoms with E-state index in [9.17, 15) is 4.21 Å². The minimum Gasteiger partial charge on any atom is -0.306 e. The second-order valence-corrected chi connectivity index (χ2v) is 4.28. The molecule has 0 bridgehead atoms. The third-order valence-corrected chi connectivity index (χ3v) is 3.28. The summed E-state index contributed by atoms with van der Waals surface area (Å²) in [6.45, 7) is 3.70. The third kappa shape index (κ3) is 2.42. The smallest absolute Gasteiger partial charge is 0.155 e. The maximum absolute atomic E-state index is 10.7. The molecule has 0 amide bonds. The molecule has 1 aliphatic rings. The van der Waals surface area contributed by atoms with Crippen LogP contribution >= 0.6 is 0 Å². The van der Waals surface area contributed by atoms with Crippen LogP contribution in [-0.2, 0) is 11.1 Å². The summed E-state index contributed by atoms with van der Waals surface area (Å²) in [5.74, 6) is 0.463. The van der Waals surface area contributed by atoms with Gasteiger partial charge < -0.3 is 4.55 Å². The van der Waals surface area contributed by atoms with Crippen molar-refractivity contribution in [3.63, 3.8) is 0 Å². The summed E-state index contributed by atoms with van der Waals surface area (Å²) in [5.41, 5.74) is 0. The van der Waals surface area contributed by atoms with Gasteiger partial charge in [-0.15, -0.1) is 6.58 Å². The van der Waals surface area contributed by atoms with Crippen molar-refractivity contribution in [2.24, 2.45) is 5.92 Å². The van der Waals surface area contributed by atoms with Crippen LogP contribution in [0.1, 0.15) is 25.7 Å². The first kappa shape index (κ1) is 8.94. The minimum absolute atomic E-state index is 0.00764. The Morgan fingerprint density at radius 3 is 2.82 bits per heavy atom. The summed E-state index contributed by atoms with van der Waals surface area (Å²) in [7, 11) is 0. The summed E-state index contributed by atoms with van der Waals surface area (Å²) in [5, 5.41) is -0.00764. The van der Waals surface area contributed by atoms with Crippen LogP contribution in [0.25, 0.3) is 0 Å². The fourth-order valence-electron chi connectivity index (χ4n) is 1.58. The number of allylic oxidation sites excluding steroid dienone is 1. The Labute approximate surface area is 70.0 Å². The fourth-order valence-corrected chi connectivity index (χ4v) is 2.36. The van der Waals surface area contributed by atoms with Gasteiger partial charge in [-0.3, -0.25) is 0 Å². The zero-order chi connectivity index (χ0) is 8.27. The first-order valence-corrected chi connectivity index (χ1v) is 5.13. The highest BCUT2D eigenvalue weighted by Gasteiger charge is 2.23. The predicted octanol–water partition coefficient (Wildman–Crippen LogP) is 1.95. The Morgan fingerprint density at radius 1 is 1.55 bits per heavy atom. The van der Waals surface area contributed by atoms with Crippen LogP contribution in [0.3, 0.4) is 0 Å². The Morgan fingerprint density at radius 2 is 2.27 bits per heavy atom. The molecular formula is C8H14O2S. The molecule has 0 aromatic rings. The van der Waals surface area contributed by atoms with E-state index in [4.69, 9.17) is 4.55 Å². The third-order valence-electron chi connectivity index (χ3n) is 2.29. The van der Waals surface area contributed by atoms with Crippen LogP contribution in [-0.4, -0.2) is 14.0 Å². The van der Waals surface area contributed by atoms with Crippen LogP contribution in [0.5, 0.6) is 0 Å². The number of hydrogen-bond donors (Lipinski definition) is 1. The molecule has 0 saturated heterocycles. The van der Waals surface area contributed by atoms with E-state index in [1.165, 1.54) is 0 Å². The molecule has 0 heterocycles. The van der Waals surface area contributed by atoms with Gasteiger partial charge in [-0.25, -0.2) is 4.21 Å². The second-order valence-electron chi connectivity index (χ2n) is 3.06. The van der Waals surface area contributed by atoms with Crippen LogP contribution in [0.2, 0.25) is 0 Å². The van der Waals surface area contributed by atoms with Crippen molar-refractivity contribution in [1.82, 2.24) is 0 Å². The van der Waals surface area contributed by atoms with Crippen LogP contribution in [0.4, 0.5) is 0 Å².